The lowest BCUT2D eigenvalue weighted by molar-refractivity contribution is 0.101. The summed E-state index contributed by atoms with van der Waals surface area (Å²) in [5.74, 6) is 0.758. The predicted molar refractivity (Wildman–Crippen MR) is 46.1 cm³/mol. The van der Waals surface area contributed by atoms with Crippen molar-refractivity contribution in [1.29, 1.82) is 0 Å². The van der Waals surface area contributed by atoms with Gasteiger partial charge in [0.2, 0.25) is 0 Å². The molecule has 1 rings (SSSR count). The number of ketones is 1. The third-order valence-electron chi connectivity index (χ3n) is 1.48. The van der Waals surface area contributed by atoms with Crippen molar-refractivity contribution in [1.82, 2.24) is 5.48 Å². The van der Waals surface area contributed by atoms with Crippen molar-refractivity contribution >= 4 is 5.78 Å². The molecule has 0 saturated heterocycles. The molecule has 1 aromatic carbocycles. The molecule has 64 valence electrons. The molecule has 0 atom stereocenters. The van der Waals surface area contributed by atoms with Crippen LogP contribution in [0, 0.1) is 0 Å². The van der Waals surface area contributed by atoms with Gasteiger partial charge in [0.05, 0.1) is 0 Å². The second-order valence-electron chi connectivity index (χ2n) is 2.39. The lowest BCUT2D eigenvalue weighted by Gasteiger charge is -2.02. The van der Waals surface area contributed by atoms with Crippen molar-refractivity contribution in [2.45, 2.75) is 6.92 Å². The van der Waals surface area contributed by atoms with Gasteiger partial charge in [0.25, 0.3) is 0 Å². The predicted octanol–water partition coefficient (Wildman–Crippen LogP) is 1.40. The van der Waals surface area contributed by atoms with Gasteiger partial charge in [-0.15, -0.1) is 0 Å². The van der Waals surface area contributed by atoms with E-state index in [2.05, 4.69) is 5.48 Å². The molecule has 0 aliphatic carbocycles. The van der Waals surface area contributed by atoms with Crippen LogP contribution in [-0.2, 0) is 0 Å². The van der Waals surface area contributed by atoms with E-state index in [1.54, 1.807) is 31.3 Å². The maximum absolute atomic E-state index is 10.9. The highest BCUT2D eigenvalue weighted by molar-refractivity contribution is 5.94. The Kier molecular flexibility index (Phi) is 2.82. The van der Waals surface area contributed by atoms with Gasteiger partial charge < -0.3 is 4.84 Å². The van der Waals surface area contributed by atoms with Crippen molar-refractivity contribution in [3.8, 4) is 5.75 Å². The summed E-state index contributed by atoms with van der Waals surface area (Å²) in [5, 5.41) is 0. The van der Waals surface area contributed by atoms with Gasteiger partial charge in [-0.25, -0.2) is 0 Å². The molecule has 1 N–H and O–H groups in total. The fraction of sp³-hybridized carbons (Fsp3) is 0.222. The summed E-state index contributed by atoms with van der Waals surface area (Å²) in [5.41, 5.74) is 3.24. The molecule has 0 fully saturated rings. The van der Waals surface area contributed by atoms with Crippen molar-refractivity contribution in [3.63, 3.8) is 0 Å². The maximum atomic E-state index is 10.9. The van der Waals surface area contributed by atoms with Crippen molar-refractivity contribution in [3.05, 3.63) is 29.8 Å². The highest BCUT2D eigenvalue weighted by Crippen LogP contribution is 2.10. The second-order valence-corrected chi connectivity index (χ2v) is 2.39. The first-order valence-electron chi connectivity index (χ1n) is 3.68. The quantitative estimate of drug-likeness (QED) is 0.543. The van der Waals surface area contributed by atoms with Gasteiger partial charge in [-0.05, 0) is 31.2 Å². The topological polar surface area (TPSA) is 38.3 Å². The Morgan fingerprint density at radius 3 is 2.33 bits per heavy atom. The Morgan fingerprint density at radius 2 is 1.92 bits per heavy atom. The Hall–Kier alpha value is -1.35. The molecular formula is C9H11NO2. The minimum absolute atomic E-state index is 0.0611. The third-order valence-corrected chi connectivity index (χ3v) is 1.48. The fourth-order valence-corrected chi connectivity index (χ4v) is 0.876. The molecule has 0 radical (unpaired) electrons. The van der Waals surface area contributed by atoms with Crippen LogP contribution in [0.4, 0.5) is 0 Å². The molecule has 0 spiro atoms. The monoisotopic (exact) mass is 165 g/mol. The molecule has 0 aromatic heterocycles. The highest BCUT2D eigenvalue weighted by atomic mass is 16.6. The summed E-state index contributed by atoms with van der Waals surface area (Å²) < 4.78 is 0. The molecule has 0 aliphatic rings. The second kappa shape index (κ2) is 3.88. The zero-order valence-corrected chi connectivity index (χ0v) is 7.13. The van der Waals surface area contributed by atoms with E-state index in [4.69, 9.17) is 4.84 Å². The Balaban J connectivity index is 2.78. The molecular weight excluding hydrogens is 154 g/mol. The van der Waals surface area contributed by atoms with E-state index in [1.807, 2.05) is 0 Å². The average molecular weight is 165 g/mol. The molecule has 1 aromatic rings. The molecule has 0 bridgehead atoms. The van der Waals surface area contributed by atoms with Gasteiger partial charge in [0.1, 0.15) is 5.75 Å². The fourth-order valence-electron chi connectivity index (χ4n) is 0.876. The van der Waals surface area contributed by atoms with Crippen LogP contribution in [0.15, 0.2) is 24.3 Å². The molecule has 3 heteroatoms. The minimum Gasteiger partial charge on any atom is -0.409 e. The van der Waals surface area contributed by atoms with E-state index in [0.29, 0.717) is 11.3 Å². The van der Waals surface area contributed by atoms with Crippen LogP contribution in [0.25, 0.3) is 0 Å². The summed E-state index contributed by atoms with van der Waals surface area (Å²) in [4.78, 5) is 15.8. The zero-order valence-electron chi connectivity index (χ0n) is 7.13. The van der Waals surface area contributed by atoms with Gasteiger partial charge in [0.15, 0.2) is 5.78 Å². The minimum atomic E-state index is 0.0611. The van der Waals surface area contributed by atoms with Gasteiger partial charge >= 0.3 is 0 Å². The van der Waals surface area contributed by atoms with E-state index in [-0.39, 0.29) is 5.78 Å². The van der Waals surface area contributed by atoms with Crippen LogP contribution in [0.3, 0.4) is 0 Å². The van der Waals surface area contributed by atoms with E-state index in [9.17, 15) is 4.79 Å². The van der Waals surface area contributed by atoms with E-state index in [0.717, 1.165) is 0 Å². The molecule has 12 heavy (non-hydrogen) atoms. The Bertz CT molecular complexity index is 266. The molecule has 0 heterocycles. The number of benzene rings is 1. The average Bonchev–Trinajstić information content (AvgIpc) is 2.06. The first-order chi connectivity index (χ1) is 5.74. The van der Waals surface area contributed by atoms with Crippen LogP contribution in [0.5, 0.6) is 5.75 Å². The lowest BCUT2D eigenvalue weighted by Crippen LogP contribution is -2.10. The number of Topliss-reactive ketones (excluding diaryl/α,β-unsaturated/α-hetero) is 1. The third kappa shape index (κ3) is 2.07. The first kappa shape index (κ1) is 8.74. The molecule has 0 saturated carbocycles. The normalized spacial score (nSPS) is 9.50. The van der Waals surface area contributed by atoms with Gasteiger partial charge in [0, 0.05) is 12.6 Å². The SMILES string of the molecule is CNOc1ccc(C(C)=O)cc1. The summed E-state index contributed by atoms with van der Waals surface area (Å²) in [6.07, 6.45) is 0. The van der Waals surface area contributed by atoms with E-state index in [1.165, 1.54) is 6.92 Å². The maximum Gasteiger partial charge on any atom is 0.159 e. The Morgan fingerprint density at radius 1 is 1.33 bits per heavy atom. The first-order valence-corrected chi connectivity index (χ1v) is 3.68. The van der Waals surface area contributed by atoms with Crippen molar-refractivity contribution in [2.75, 3.05) is 7.05 Å². The van der Waals surface area contributed by atoms with Crippen LogP contribution in [0.2, 0.25) is 0 Å². The molecule has 0 unspecified atom stereocenters. The smallest absolute Gasteiger partial charge is 0.159 e. The van der Waals surface area contributed by atoms with E-state index >= 15 is 0 Å². The Labute approximate surface area is 71.3 Å². The van der Waals surface area contributed by atoms with Crippen molar-refractivity contribution in [2.24, 2.45) is 0 Å². The van der Waals surface area contributed by atoms with Gasteiger partial charge in [-0.1, -0.05) is 0 Å². The lowest BCUT2D eigenvalue weighted by atomic mass is 10.1. The summed E-state index contributed by atoms with van der Waals surface area (Å²) in [6, 6.07) is 6.95. The number of nitrogens with one attached hydrogen (secondary N) is 1. The van der Waals surface area contributed by atoms with Crippen LogP contribution < -0.4 is 10.3 Å². The molecule has 3 nitrogen and oxygen atoms in total. The van der Waals surface area contributed by atoms with Crippen LogP contribution >= 0.6 is 0 Å². The molecule has 0 amide bonds. The summed E-state index contributed by atoms with van der Waals surface area (Å²) in [7, 11) is 1.68. The number of hydrogen-bond acceptors (Lipinski definition) is 3. The van der Waals surface area contributed by atoms with Gasteiger partial charge in [-0.2, -0.15) is 5.48 Å². The zero-order chi connectivity index (χ0) is 8.97. The molecule has 0 aliphatic heterocycles. The summed E-state index contributed by atoms with van der Waals surface area (Å²) >= 11 is 0. The number of carbonyl (C=O) groups excluding carboxylic acids is 1. The number of rotatable bonds is 3. The summed E-state index contributed by atoms with van der Waals surface area (Å²) in [6.45, 7) is 1.54. The number of hydrogen-bond donors (Lipinski definition) is 1. The van der Waals surface area contributed by atoms with Gasteiger partial charge in [-0.3, -0.25) is 4.79 Å². The standard InChI is InChI=1S/C9H11NO2/c1-7(11)8-3-5-9(6-4-8)12-10-2/h3-6,10H,1-2H3. The largest absolute Gasteiger partial charge is 0.409 e. The van der Waals surface area contributed by atoms with Crippen molar-refractivity contribution < 1.29 is 9.63 Å². The van der Waals surface area contributed by atoms with Crippen LogP contribution in [0.1, 0.15) is 17.3 Å². The number of hydroxylamine groups is 1. The van der Waals surface area contributed by atoms with E-state index < -0.39 is 0 Å². The number of carbonyl (C=O) groups is 1. The van der Waals surface area contributed by atoms with Crippen LogP contribution in [-0.4, -0.2) is 12.8 Å². The highest BCUT2D eigenvalue weighted by Gasteiger charge is 1.98.